The molecule has 3 aromatic heterocycles. The molecule has 26 heavy (non-hydrogen) atoms. The molecule has 0 saturated carbocycles. The molecule has 0 spiro atoms. The average molecular weight is 351 g/mol. The molecule has 0 aromatic carbocycles. The van der Waals surface area contributed by atoms with Gasteiger partial charge >= 0.3 is 0 Å². The summed E-state index contributed by atoms with van der Waals surface area (Å²) in [4.78, 5) is 21.3. The summed E-state index contributed by atoms with van der Waals surface area (Å²) in [7, 11) is 0. The van der Waals surface area contributed by atoms with Gasteiger partial charge in [-0.15, -0.1) is 0 Å². The van der Waals surface area contributed by atoms with Gasteiger partial charge in [0.1, 0.15) is 11.8 Å². The number of aryl methyl sites for hydroxylation is 2. The molecule has 3 aromatic rings. The summed E-state index contributed by atoms with van der Waals surface area (Å²) in [5, 5.41) is 4.76. The maximum absolute atomic E-state index is 12.5. The molecule has 134 valence electrons. The molecule has 4 heterocycles. The third-order valence-corrected chi connectivity index (χ3v) is 5.43. The molecule has 1 amide bonds. The van der Waals surface area contributed by atoms with Gasteiger partial charge in [0, 0.05) is 44.1 Å². The standard InChI is InChI=1S/C19H21N5O2/c25-19(14-5-12-26-13-14)23-10-8-22(9-11-23)18-17-15-3-1-2-4-16(15)21-24(17)7-6-20-18/h5-7,12-13H,1-4,8-11H2. The van der Waals surface area contributed by atoms with Crippen LogP contribution in [-0.2, 0) is 12.8 Å². The Morgan fingerprint density at radius 2 is 1.96 bits per heavy atom. The number of hydrogen-bond donors (Lipinski definition) is 0. The molecule has 7 heteroatoms. The summed E-state index contributed by atoms with van der Waals surface area (Å²) in [6.45, 7) is 2.92. The summed E-state index contributed by atoms with van der Waals surface area (Å²) >= 11 is 0. The molecule has 0 radical (unpaired) electrons. The summed E-state index contributed by atoms with van der Waals surface area (Å²) in [5.41, 5.74) is 4.34. The highest BCUT2D eigenvalue weighted by Gasteiger charge is 2.27. The second-order valence-corrected chi connectivity index (χ2v) is 6.97. The van der Waals surface area contributed by atoms with E-state index in [2.05, 4.69) is 9.88 Å². The van der Waals surface area contributed by atoms with Crippen LogP contribution >= 0.6 is 0 Å². The molecular weight excluding hydrogens is 330 g/mol. The van der Waals surface area contributed by atoms with Gasteiger partial charge in [0.2, 0.25) is 0 Å². The fourth-order valence-corrected chi connectivity index (χ4v) is 4.07. The van der Waals surface area contributed by atoms with Crippen LogP contribution in [0.5, 0.6) is 0 Å². The van der Waals surface area contributed by atoms with Crippen LogP contribution in [0.4, 0.5) is 5.82 Å². The first kappa shape index (κ1) is 15.4. The monoisotopic (exact) mass is 351 g/mol. The minimum Gasteiger partial charge on any atom is -0.472 e. The van der Waals surface area contributed by atoms with Crippen LogP contribution in [0.3, 0.4) is 0 Å². The lowest BCUT2D eigenvalue weighted by Gasteiger charge is -2.35. The number of fused-ring (bicyclic) bond motifs is 3. The molecule has 5 rings (SSSR count). The molecule has 1 aliphatic carbocycles. The quantitative estimate of drug-likeness (QED) is 0.708. The van der Waals surface area contributed by atoms with Crippen molar-refractivity contribution in [1.29, 1.82) is 0 Å². The Kier molecular flexibility index (Phi) is 3.65. The number of carbonyl (C=O) groups is 1. The van der Waals surface area contributed by atoms with Crippen molar-refractivity contribution in [3.63, 3.8) is 0 Å². The Morgan fingerprint density at radius 3 is 2.77 bits per heavy atom. The van der Waals surface area contributed by atoms with E-state index in [9.17, 15) is 4.79 Å². The third kappa shape index (κ3) is 2.46. The van der Waals surface area contributed by atoms with Crippen LogP contribution in [0.2, 0.25) is 0 Å². The number of piperazine rings is 1. The molecule has 1 aliphatic heterocycles. The van der Waals surface area contributed by atoms with Crippen molar-refractivity contribution in [2.45, 2.75) is 25.7 Å². The van der Waals surface area contributed by atoms with E-state index in [0.717, 1.165) is 37.3 Å². The van der Waals surface area contributed by atoms with E-state index in [0.29, 0.717) is 18.7 Å². The van der Waals surface area contributed by atoms with Gasteiger partial charge in [-0.1, -0.05) is 0 Å². The van der Waals surface area contributed by atoms with E-state index >= 15 is 0 Å². The maximum atomic E-state index is 12.5. The molecule has 0 atom stereocenters. The first-order valence-corrected chi connectivity index (χ1v) is 9.23. The van der Waals surface area contributed by atoms with Gasteiger partial charge in [-0.25, -0.2) is 9.50 Å². The van der Waals surface area contributed by atoms with Gasteiger partial charge < -0.3 is 14.2 Å². The molecule has 1 saturated heterocycles. The van der Waals surface area contributed by atoms with Gasteiger partial charge in [-0.3, -0.25) is 4.79 Å². The lowest BCUT2D eigenvalue weighted by atomic mass is 9.97. The zero-order valence-electron chi connectivity index (χ0n) is 14.6. The Labute approximate surface area is 151 Å². The summed E-state index contributed by atoms with van der Waals surface area (Å²) in [6, 6.07) is 1.72. The highest BCUT2D eigenvalue weighted by molar-refractivity contribution is 5.94. The van der Waals surface area contributed by atoms with E-state index in [1.807, 2.05) is 21.8 Å². The number of nitrogens with zero attached hydrogens (tertiary/aromatic N) is 5. The van der Waals surface area contributed by atoms with Crippen LogP contribution in [0, 0.1) is 0 Å². The maximum Gasteiger partial charge on any atom is 0.257 e. The zero-order chi connectivity index (χ0) is 17.5. The Hall–Kier alpha value is -2.83. The minimum absolute atomic E-state index is 0.0336. The topological polar surface area (TPSA) is 66.9 Å². The first-order valence-electron chi connectivity index (χ1n) is 9.23. The number of furan rings is 1. The summed E-state index contributed by atoms with van der Waals surface area (Å²) in [6.07, 6.45) is 11.4. The molecular formula is C19H21N5O2. The van der Waals surface area contributed by atoms with Crippen molar-refractivity contribution >= 4 is 17.2 Å². The Bertz CT molecular complexity index is 938. The zero-order valence-corrected chi connectivity index (χ0v) is 14.6. The first-order chi connectivity index (χ1) is 12.8. The molecule has 0 bridgehead atoms. The third-order valence-electron chi connectivity index (χ3n) is 5.43. The van der Waals surface area contributed by atoms with Crippen molar-refractivity contribution in [2.75, 3.05) is 31.1 Å². The second kappa shape index (κ2) is 6.16. The normalized spacial score (nSPS) is 17.5. The Morgan fingerprint density at radius 1 is 1.12 bits per heavy atom. The summed E-state index contributed by atoms with van der Waals surface area (Å²) in [5.74, 6) is 1.03. The second-order valence-electron chi connectivity index (χ2n) is 6.97. The predicted molar refractivity (Wildman–Crippen MR) is 96.5 cm³/mol. The lowest BCUT2D eigenvalue weighted by molar-refractivity contribution is 0.0746. The van der Waals surface area contributed by atoms with Gasteiger partial charge in [-0.05, 0) is 31.7 Å². The molecule has 7 nitrogen and oxygen atoms in total. The Balaban J connectivity index is 1.40. The van der Waals surface area contributed by atoms with Gasteiger partial charge in [0.05, 0.1) is 17.5 Å². The smallest absolute Gasteiger partial charge is 0.257 e. The van der Waals surface area contributed by atoms with Crippen LogP contribution in [0.1, 0.15) is 34.5 Å². The molecule has 0 unspecified atom stereocenters. The number of hydrogen-bond acceptors (Lipinski definition) is 5. The highest BCUT2D eigenvalue weighted by atomic mass is 16.3. The lowest BCUT2D eigenvalue weighted by Crippen LogP contribution is -2.49. The largest absolute Gasteiger partial charge is 0.472 e. The number of anilines is 1. The van der Waals surface area contributed by atoms with E-state index < -0.39 is 0 Å². The van der Waals surface area contributed by atoms with E-state index in [1.54, 1.807) is 6.07 Å². The number of aromatic nitrogens is 3. The van der Waals surface area contributed by atoms with Gasteiger partial charge in [-0.2, -0.15) is 5.10 Å². The van der Waals surface area contributed by atoms with Crippen molar-refractivity contribution < 1.29 is 9.21 Å². The van der Waals surface area contributed by atoms with Crippen molar-refractivity contribution in [3.05, 3.63) is 47.8 Å². The van der Waals surface area contributed by atoms with E-state index in [4.69, 9.17) is 9.52 Å². The molecule has 1 fully saturated rings. The van der Waals surface area contributed by atoms with Crippen molar-refractivity contribution in [3.8, 4) is 0 Å². The number of carbonyl (C=O) groups excluding carboxylic acids is 1. The van der Waals surface area contributed by atoms with Crippen LogP contribution < -0.4 is 4.90 Å². The van der Waals surface area contributed by atoms with Crippen LogP contribution in [0.25, 0.3) is 5.52 Å². The SMILES string of the molecule is O=C(c1ccoc1)N1CCN(c2nccn3nc4c(c23)CCCC4)CC1. The van der Waals surface area contributed by atoms with Crippen molar-refractivity contribution in [2.24, 2.45) is 0 Å². The number of rotatable bonds is 2. The minimum atomic E-state index is 0.0336. The number of amides is 1. The van der Waals surface area contributed by atoms with Gasteiger partial charge in [0.25, 0.3) is 5.91 Å². The molecule has 2 aliphatic rings. The average Bonchev–Trinajstić information content (AvgIpc) is 3.35. The van der Waals surface area contributed by atoms with Crippen LogP contribution in [-0.4, -0.2) is 51.6 Å². The van der Waals surface area contributed by atoms with E-state index in [1.165, 1.54) is 36.6 Å². The van der Waals surface area contributed by atoms with Crippen LogP contribution in [0.15, 0.2) is 35.4 Å². The fraction of sp³-hybridized carbons (Fsp3) is 0.421. The molecule has 0 N–H and O–H groups in total. The fourth-order valence-electron chi connectivity index (χ4n) is 4.07. The van der Waals surface area contributed by atoms with Crippen molar-refractivity contribution in [1.82, 2.24) is 19.5 Å². The van der Waals surface area contributed by atoms with Gasteiger partial charge in [0.15, 0.2) is 5.82 Å². The predicted octanol–water partition coefficient (Wildman–Crippen LogP) is 2.16. The summed E-state index contributed by atoms with van der Waals surface area (Å²) < 4.78 is 7.02. The van der Waals surface area contributed by atoms with E-state index in [-0.39, 0.29) is 5.91 Å². The highest BCUT2D eigenvalue weighted by Crippen LogP contribution is 2.30.